The molecule has 0 unspecified atom stereocenters. The van der Waals surface area contributed by atoms with E-state index in [-0.39, 0.29) is 18.3 Å². The van der Waals surface area contributed by atoms with Crippen molar-refractivity contribution in [1.29, 1.82) is 0 Å². The maximum absolute atomic E-state index is 12.4. The number of benzene rings is 2. The Bertz CT molecular complexity index is 970. The number of rotatable bonds is 7. The van der Waals surface area contributed by atoms with E-state index < -0.39 is 0 Å². The molecule has 0 spiro atoms. The molecule has 0 aliphatic rings. The number of thioether (sulfide) groups is 1. The third kappa shape index (κ3) is 5.16. The Hall–Kier alpha value is -2.28. The van der Waals surface area contributed by atoms with Crippen LogP contribution < -0.4 is 5.32 Å². The zero-order valence-electron chi connectivity index (χ0n) is 15.8. The number of carbonyl (C=O) groups is 1. The zero-order chi connectivity index (χ0) is 20.1. The SMILES string of the molecule is Cc1ccc(NC(=O)CSc2ncc(CO)n2Cc2ccc(Cl)cc2)c(C)c1. The van der Waals surface area contributed by atoms with E-state index in [0.29, 0.717) is 22.4 Å². The molecular formula is C21H22ClN3O2S. The van der Waals surface area contributed by atoms with Crippen LogP contribution >= 0.6 is 23.4 Å². The number of nitrogens with one attached hydrogen (secondary N) is 1. The lowest BCUT2D eigenvalue weighted by atomic mass is 10.1. The molecule has 0 bridgehead atoms. The van der Waals surface area contributed by atoms with Crippen LogP contribution in [0, 0.1) is 13.8 Å². The van der Waals surface area contributed by atoms with Gasteiger partial charge in [0.1, 0.15) is 0 Å². The van der Waals surface area contributed by atoms with Crippen molar-refractivity contribution in [3.05, 3.63) is 76.1 Å². The minimum absolute atomic E-state index is 0.0939. The fraction of sp³-hybridized carbons (Fsp3) is 0.238. The molecule has 3 aromatic rings. The minimum atomic E-state index is -0.115. The summed E-state index contributed by atoms with van der Waals surface area (Å²) < 4.78 is 1.91. The molecule has 2 aromatic carbocycles. The molecule has 146 valence electrons. The number of aliphatic hydroxyl groups excluding tert-OH is 1. The number of aromatic nitrogens is 2. The molecule has 0 aliphatic heterocycles. The van der Waals surface area contributed by atoms with Crippen LogP contribution in [0.2, 0.25) is 5.02 Å². The molecule has 7 heteroatoms. The first-order valence-electron chi connectivity index (χ1n) is 8.86. The molecule has 1 aromatic heterocycles. The van der Waals surface area contributed by atoms with E-state index >= 15 is 0 Å². The van der Waals surface area contributed by atoms with Gasteiger partial charge < -0.3 is 15.0 Å². The number of aryl methyl sites for hydroxylation is 2. The van der Waals surface area contributed by atoms with Crippen LogP contribution in [0.25, 0.3) is 0 Å². The molecule has 5 nitrogen and oxygen atoms in total. The number of carbonyl (C=O) groups excluding carboxylic acids is 1. The first-order valence-corrected chi connectivity index (χ1v) is 10.2. The first kappa shape index (κ1) is 20.5. The van der Waals surface area contributed by atoms with Crippen molar-refractivity contribution in [2.75, 3.05) is 11.1 Å². The predicted octanol–water partition coefficient (Wildman–Crippen LogP) is 4.42. The van der Waals surface area contributed by atoms with Gasteiger partial charge in [-0.15, -0.1) is 0 Å². The standard InChI is InChI=1S/C21H22ClN3O2S/c1-14-3-8-19(15(2)9-14)24-20(27)13-28-21-23-10-18(12-26)25(21)11-16-4-6-17(22)7-5-16/h3-10,26H,11-13H2,1-2H3,(H,24,27). The number of imidazole rings is 1. The Kier molecular flexibility index (Phi) is 6.78. The van der Waals surface area contributed by atoms with Crippen LogP contribution in [0.1, 0.15) is 22.4 Å². The van der Waals surface area contributed by atoms with E-state index in [0.717, 1.165) is 22.4 Å². The van der Waals surface area contributed by atoms with Gasteiger partial charge in [-0.05, 0) is 43.2 Å². The maximum Gasteiger partial charge on any atom is 0.234 e. The van der Waals surface area contributed by atoms with Crippen LogP contribution in [-0.4, -0.2) is 26.3 Å². The molecule has 2 N–H and O–H groups in total. The third-order valence-corrected chi connectivity index (χ3v) is 5.55. The molecule has 3 rings (SSSR count). The number of halogens is 1. The molecule has 0 saturated carbocycles. The molecule has 0 saturated heterocycles. The average Bonchev–Trinajstić information content (AvgIpc) is 3.06. The van der Waals surface area contributed by atoms with E-state index in [1.807, 2.05) is 60.9 Å². The lowest BCUT2D eigenvalue weighted by Gasteiger charge is -2.12. The lowest BCUT2D eigenvalue weighted by Crippen LogP contribution is -2.15. The number of aliphatic hydroxyl groups is 1. The Balaban J connectivity index is 1.67. The summed E-state index contributed by atoms with van der Waals surface area (Å²) in [5.74, 6) is 0.138. The maximum atomic E-state index is 12.4. The summed E-state index contributed by atoms with van der Waals surface area (Å²) in [6.07, 6.45) is 1.64. The quantitative estimate of drug-likeness (QED) is 0.560. The van der Waals surface area contributed by atoms with Crippen LogP contribution in [0.3, 0.4) is 0 Å². The highest BCUT2D eigenvalue weighted by molar-refractivity contribution is 7.99. The molecule has 1 heterocycles. The fourth-order valence-corrected chi connectivity index (χ4v) is 3.77. The highest BCUT2D eigenvalue weighted by Gasteiger charge is 2.13. The summed E-state index contributed by atoms with van der Waals surface area (Å²) in [4.78, 5) is 16.7. The molecule has 0 radical (unpaired) electrons. The molecular weight excluding hydrogens is 394 g/mol. The van der Waals surface area contributed by atoms with Crippen molar-refractivity contribution < 1.29 is 9.90 Å². The summed E-state index contributed by atoms with van der Waals surface area (Å²) in [6.45, 7) is 4.43. The second kappa shape index (κ2) is 9.28. The molecule has 0 fully saturated rings. The topological polar surface area (TPSA) is 67.2 Å². The summed E-state index contributed by atoms with van der Waals surface area (Å²) in [5.41, 5.74) is 4.75. The van der Waals surface area contributed by atoms with E-state index in [9.17, 15) is 9.90 Å². The van der Waals surface area contributed by atoms with Gasteiger partial charge in [0.15, 0.2) is 5.16 Å². The molecule has 0 aliphatic carbocycles. The number of hydrogen-bond donors (Lipinski definition) is 2. The fourth-order valence-electron chi connectivity index (χ4n) is 2.85. The van der Waals surface area contributed by atoms with Gasteiger partial charge >= 0.3 is 0 Å². The van der Waals surface area contributed by atoms with Gasteiger partial charge in [-0.25, -0.2) is 4.98 Å². The van der Waals surface area contributed by atoms with E-state index in [4.69, 9.17) is 11.6 Å². The minimum Gasteiger partial charge on any atom is -0.390 e. The van der Waals surface area contributed by atoms with Gasteiger partial charge in [-0.1, -0.05) is 53.2 Å². The number of nitrogens with zero attached hydrogens (tertiary/aromatic N) is 2. The van der Waals surface area contributed by atoms with Crippen molar-refractivity contribution in [2.45, 2.75) is 32.2 Å². The second-order valence-corrected chi connectivity index (χ2v) is 7.94. The Morgan fingerprint density at radius 1 is 1.21 bits per heavy atom. The van der Waals surface area contributed by atoms with E-state index in [1.54, 1.807) is 6.20 Å². The van der Waals surface area contributed by atoms with E-state index in [1.165, 1.54) is 11.8 Å². The predicted molar refractivity (Wildman–Crippen MR) is 114 cm³/mol. The van der Waals surface area contributed by atoms with Gasteiger partial charge in [-0.3, -0.25) is 4.79 Å². The van der Waals surface area contributed by atoms with Gasteiger partial charge in [-0.2, -0.15) is 0 Å². The average molecular weight is 416 g/mol. The van der Waals surface area contributed by atoms with Crippen molar-refractivity contribution in [2.24, 2.45) is 0 Å². The van der Waals surface area contributed by atoms with E-state index in [2.05, 4.69) is 10.3 Å². The van der Waals surface area contributed by atoms with Crippen LogP contribution in [-0.2, 0) is 17.9 Å². The third-order valence-electron chi connectivity index (χ3n) is 4.31. The molecule has 28 heavy (non-hydrogen) atoms. The number of hydrogen-bond acceptors (Lipinski definition) is 4. The van der Waals surface area contributed by atoms with Crippen molar-refractivity contribution in [3.8, 4) is 0 Å². The zero-order valence-corrected chi connectivity index (χ0v) is 17.3. The first-order chi connectivity index (χ1) is 13.5. The largest absolute Gasteiger partial charge is 0.390 e. The van der Waals surface area contributed by atoms with Crippen LogP contribution in [0.15, 0.2) is 53.8 Å². The monoisotopic (exact) mass is 415 g/mol. The van der Waals surface area contributed by atoms with Gasteiger partial charge in [0.05, 0.1) is 24.3 Å². The van der Waals surface area contributed by atoms with Gasteiger partial charge in [0.2, 0.25) is 5.91 Å². The molecule has 0 atom stereocenters. The Labute approximate surface area is 173 Å². The summed E-state index contributed by atoms with van der Waals surface area (Å²) in [6, 6.07) is 13.5. The molecule has 1 amide bonds. The normalized spacial score (nSPS) is 10.9. The van der Waals surface area contributed by atoms with Crippen molar-refractivity contribution in [1.82, 2.24) is 9.55 Å². The lowest BCUT2D eigenvalue weighted by molar-refractivity contribution is -0.113. The highest BCUT2D eigenvalue weighted by Crippen LogP contribution is 2.22. The summed E-state index contributed by atoms with van der Waals surface area (Å²) >= 11 is 7.29. The summed E-state index contributed by atoms with van der Waals surface area (Å²) in [5, 5.41) is 13.9. The Morgan fingerprint density at radius 3 is 2.64 bits per heavy atom. The second-order valence-electron chi connectivity index (χ2n) is 6.56. The van der Waals surface area contributed by atoms with Crippen LogP contribution in [0.5, 0.6) is 0 Å². The van der Waals surface area contributed by atoms with Crippen LogP contribution in [0.4, 0.5) is 5.69 Å². The van der Waals surface area contributed by atoms with Gasteiger partial charge in [0, 0.05) is 17.3 Å². The smallest absolute Gasteiger partial charge is 0.234 e. The van der Waals surface area contributed by atoms with Crippen molar-refractivity contribution in [3.63, 3.8) is 0 Å². The highest BCUT2D eigenvalue weighted by atomic mass is 35.5. The summed E-state index contributed by atoms with van der Waals surface area (Å²) in [7, 11) is 0. The number of anilines is 1. The Morgan fingerprint density at radius 2 is 1.96 bits per heavy atom. The van der Waals surface area contributed by atoms with Gasteiger partial charge in [0.25, 0.3) is 0 Å². The number of amides is 1. The van der Waals surface area contributed by atoms with Crippen molar-refractivity contribution >= 4 is 35.0 Å².